The Morgan fingerprint density at radius 1 is 1.43 bits per heavy atom. The molecular formula is C12H20ClN3O3S2. The summed E-state index contributed by atoms with van der Waals surface area (Å²) in [4.78, 5) is 13.5. The van der Waals surface area contributed by atoms with E-state index in [9.17, 15) is 13.2 Å². The first-order chi connectivity index (χ1) is 9.53. The third-order valence-corrected chi connectivity index (χ3v) is 6.18. The maximum atomic E-state index is 12.1. The van der Waals surface area contributed by atoms with Crippen molar-refractivity contribution in [1.29, 1.82) is 0 Å². The predicted octanol–water partition coefficient (Wildman–Crippen LogP) is 0.659. The highest BCUT2D eigenvalue weighted by Crippen LogP contribution is 2.18. The Hall–Kier alpha value is -0.670. The lowest BCUT2D eigenvalue weighted by Crippen LogP contribution is -2.48. The van der Waals surface area contributed by atoms with Crippen molar-refractivity contribution in [3.05, 3.63) is 17.5 Å². The maximum absolute atomic E-state index is 12.1. The van der Waals surface area contributed by atoms with Gasteiger partial charge >= 0.3 is 0 Å². The van der Waals surface area contributed by atoms with Gasteiger partial charge in [-0.05, 0) is 31.3 Å². The topological polar surface area (TPSA) is 78.5 Å². The molecular weight excluding hydrogens is 334 g/mol. The van der Waals surface area contributed by atoms with E-state index in [0.717, 1.165) is 0 Å². The number of piperidine rings is 1. The number of nitrogens with one attached hydrogen (secondary N) is 2. The molecule has 0 aliphatic carbocycles. The summed E-state index contributed by atoms with van der Waals surface area (Å²) in [6.45, 7) is 1.52. The van der Waals surface area contributed by atoms with Crippen molar-refractivity contribution in [2.45, 2.75) is 23.1 Å². The molecule has 0 atom stereocenters. The van der Waals surface area contributed by atoms with Gasteiger partial charge in [0, 0.05) is 19.1 Å². The smallest absolute Gasteiger partial charge is 0.250 e. The molecule has 1 aliphatic rings. The third kappa shape index (κ3) is 4.93. The average molecular weight is 354 g/mol. The summed E-state index contributed by atoms with van der Waals surface area (Å²) in [6, 6.07) is 3.22. The molecule has 0 bridgehead atoms. The van der Waals surface area contributed by atoms with Crippen molar-refractivity contribution < 1.29 is 13.2 Å². The van der Waals surface area contributed by atoms with Crippen molar-refractivity contribution in [2.24, 2.45) is 0 Å². The SMILES string of the molecule is CNCC(=O)N1CCC(NS(=O)(=O)c2cccs2)CC1.Cl. The van der Waals surface area contributed by atoms with Gasteiger partial charge < -0.3 is 10.2 Å². The number of carbonyl (C=O) groups excluding carboxylic acids is 1. The zero-order valence-corrected chi connectivity index (χ0v) is 14.2. The summed E-state index contributed by atoms with van der Waals surface area (Å²) in [5.74, 6) is 0.0621. The van der Waals surface area contributed by atoms with Crippen LogP contribution in [0.5, 0.6) is 0 Å². The van der Waals surface area contributed by atoms with Gasteiger partial charge in [-0.3, -0.25) is 4.79 Å². The lowest BCUT2D eigenvalue weighted by atomic mass is 10.1. The van der Waals surface area contributed by atoms with Crippen LogP contribution in [0.3, 0.4) is 0 Å². The van der Waals surface area contributed by atoms with Crippen LogP contribution in [0.4, 0.5) is 0 Å². The number of halogens is 1. The number of carbonyl (C=O) groups is 1. The van der Waals surface area contributed by atoms with Crippen molar-refractivity contribution in [1.82, 2.24) is 14.9 Å². The Balaban J connectivity index is 0.00000220. The molecule has 1 aliphatic heterocycles. The van der Waals surface area contributed by atoms with Crippen LogP contribution >= 0.6 is 23.7 Å². The Labute approximate surface area is 135 Å². The van der Waals surface area contributed by atoms with Gasteiger partial charge in [-0.1, -0.05) is 6.07 Å². The van der Waals surface area contributed by atoms with Crippen LogP contribution in [-0.2, 0) is 14.8 Å². The zero-order chi connectivity index (χ0) is 14.6. The second kappa shape index (κ2) is 8.09. The van der Waals surface area contributed by atoms with E-state index in [0.29, 0.717) is 36.7 Å². The fourth-order valence-corrected chi connectivity index (χ4v) is 4.52. The summed E-state index contributed by atoms with van der Waals surface area (Å²) >= 11 is 1.21. The van der Waals surface area contributed by atoms with E-state index in [2.05, 4.69) is 10.0 Å². The summed E-state index contributed by atoms with van der Waals surface area (Å²) in [5, 5.41) is 4.58. The summed E-state index contributed by atoms with van der Waals surface area (Å²) in [7, 11) is -1.68. The molecule has 2 rings (SSSR count). The highest BCUT2D eigenvalue weighted by Gasteiger charge is 2.26. The van der Waals surface area contributed by atoms with Crippen LogP contribution in [-0.4, -0.2) is 51.9 Å². The van der Waals surface area contributed by atoms with E-state index in [4.69, 9.17) is 0 Å². The first-order valence-corrected chi connectivity index (χ1v) is 8.87. The molecule has 0 radical (unpaired) electrons. The van der Waals surface area contributed by atoms with E-state index in [1.807, 2.05) is 0 Å². The molecule has 1 saturated heterocycles. The van der Waals surface area contributed by atoms with Gasteiger partial charge in [-0.15, -0.1) is 23.7 Å². The Bertz CT molecular complexity index is 540. The molecule has 6 nitrogen and oxygen atoms in total. The number of likely N-dealkylation sites (N-methyl/N-ethyl adjacent to an activating group) is 1. The lowest BCUT2D eigenvalue weighted by Gasteiger charge is -2.32. The van der Waals surface area contributed by atoms with Crippen molar-refractivity contribution in [2.75, 3.05) is 26.7 Å². The number of hydrogen-bond acceptors (Lipinski definition) is 5. The number of rotatable bonds is 5. The zero-order valence-electron chi connectivity index (χ0n) is 11.7. The second-order valence-corrected chi connectivity index (χ2v) is 7.63. The van der Waals surface area contributed by atoms with Gasteiger partial charge in [0.2, 0.25) is 15.9 Å². The maximum Gasteiger partial charge on any atom is 0.250 e. The number of sulfonamides is 1. The fraction of sp³-hybridized carbons (Fsp3) is 0.583. The summed E-state index contributed by atoms with van der Waals surface area (Å²) in [6.07, 6.45) is 1.31. The van der Waals surface area contributed by atoms with Crippen LogP contribution in [0, 0.1) is 0 Å². The number of hydrogen-bond donors (Lipinski definition) is 2. The van der Waals surface area contributed by atoms with Crippen LogP contribution in [0.2, 0.25) is 0 Å². The summed E-state index contributed by atoms with van der Waals surface area (Å²) in [5.41, 5.74) is 0. The Morgan fingerprint density at radius 3 is 2.62 bits per heavy atom. The highest BCUT2D eigenvalue weighted by atomic mass is 35.5. The molecule has 2 N–H and O–H groups in total. The van der Waals surface area contributed by atoms with Crippen molar-refractivity contribution >= 4 is 39.7 Å². The third-order valence-electron chi connectivity index (χ3n) is 3.26. The molecule has 1 aromatic rings. The van der Waals surface area contributed by atoms with Crippen LogP contribution in [0.25, 0.3) is 0 Å². The van der Waals surface area contributed by atoms with Gasteiger partial charge in [-0.25, -0.2) is 13.1 Å². The van der Waals surface area contributed by atoms with Gasteiger partial charge in [0.05, 0.1) is 6.54 Å². The van der Waals surface area contributed by atoms with E-state index in [1.165, 1.54) is 11.3 Å². The molecule has 21 heavy (non-hydrogen) atoms. The molecule has 9 heteroatoms. The number of amides is 1. The minimum atomic E-state index is -3.41. The largest absolute Gasteiger partial charge is 0.341 e. The standard InChI is InChI=1S/C12H19N3O3S2.ClH/c1-13-9-11(16)15-6-4-10(5-7-15)14-20(17,18)12-3-2-8-19-12;/h2-3,8,10,13-14H,4-7,9H2,1H3;1H. The highest BCUT2D eigenvalue weighted by molar-refractivity contribution is 7.91. The van der Waals surface area contributed by atoms with Gasteiger partial charge in [0.15, 0.2) is 0 Å². The minimum Gasteiger partial charge on any atom is -0.341 e. The average Bonchev–Trinajstić information content (AvgIpc) is 2.94. The molecule has 1 fully saturated rings. The van der Waals surface area contributed by atoms with Crippen molar-refractivity contribution in [3.8, 4) is 0 Å². The normalized spacial score (nSPS) is 16.5. The summed E-state index contributed by atoms with van der Waals surface area (Å²) < 4.78 is 27.2. The fourth-order valence-electron chi connectivity index (χ4n) is 2.20. The second-order valence-electron chi connectivity index (χ2n) is 4.74. The molecule has 2 heterocycles. The van der Waals surface area contributed by atoms with E-state index in [1.54, 1.807) is 29.5 Å². The van der Waals surface area contributed by atoms with E-state index >= 15 is 0 Å². The molecule has 1 amide bonds. The van der Waals surface area contributed by atoms with Crippen LogP contribution < -0.4 is 10.0 Å². The van der Waals surface area contributed by atoms with E-state index in [-0.39, 0.29) is 24.4 Å². The number of nitrogens with zero attached hydrogens (tertiary/aromatic N) is 1. The lowest BCUT2D eigenvalue weighted by molar-refractivity contribution is -0.131. The Morgan fingerprint density at radius 2 is 2.10 bits per heavy atom. The molecule has 0 aromatic carbocycles. The minimum absolute atomic E-state index is 0. The molecule has 0 spiro atoms. The molecule has 120 valence electrons. The predicted molar refractivity (Wildman–Crippen MR) is 85.4 cm³/mol. The quantitative estimate of drug-likeness (QED) is 0.815. The molecule has 1 aromatic heterocycles. The van der Waals surface area contributed by atoms with Gasteiger partial charge in [-0.2, -0.15) is 0 Å². The van der Waals surface area contributed by atoms with Crippen molar-refractivity contribution in [3.63, 3.8) is 0 Å². The van der Waals surface area contributed by atoms with Crippen LogP contribution in [0.1, 0.15) is 12.8 Å². The number of likely N-dealkylation sites (tertiary alicyclic amines) is 1. The van der Waals surface area contributed by atoms with Gasteiger partial charge in [0.1, 0.15) is 4.21 Å². The first kappa shape index (κ1) is 18.4. The molecule has 0 saturated carbocycles. The van der Waals surface area contributed by atoms with Gasteiger partial charge in [0.25, 0.3) is 0 Å². The first-order valence-electron chi connectivity index (χ1n) is 6.51. The number of thiophene rings is 1. The van der Waals surface area contributed by atoms with E-state index < -0.39 is 10.0 Å². The Kier molecular flexibility index (Phi) is 7.08. The monoisotopic (exact) mass is 353 g/mol. The molecule has 0 unspecified atom stereocenters. The van der Waals surface area contributed by atoms with Crippen LogP contribution in [0.15, 0.2) is 21.7 Å².